The van der Waals surface area contributed by atoms with Crippen molar-refractivity contribution in [2.75, 3.05) is 0 Å². The maximum Gasteiger partial charge on any atom is 0.128 e. The van der Waals surface area contributed by atoms with Crippen LogP contribution in [0.15, 0.2) is 5.03 Å². The highest BCUT2D eigenvalue weighted by molar-refractivity contribution is 8.00. The van der Waals surface area contributed by atoms with Crippen LogP contribution in [0.3, 0.4) is 0 Å². The maximum absolute atomic E-state index is 8.97. The third-order valence-corrected chi connectivity index (χ3v) is 5.28. The molecule has 3 rings (SSSR count). The molecule has 92 valence electrons. The Kier molecular flexibility index (Phi) is 3.00. The van der Waals surface area contributed by atoms with E-state index in [0.717, 1.165) is 22.1 Å². The Morgan fingerprint density at radius 3 is 3.00 bits per heavy atom. The summed E-state index contributed by atoms with van der Waals surface area (Å²) in [7, 11) is 0. The van der Waals surface area contributed by atoms with Gasteiger partial charge >= 0.3 is 0 Å². The van der Waals surface area contributed by atoms with E-state index in [0.29, 0.717) is 0 Å². The average Bonchev–Trinajstić information content (AvgIpc) is 2.87. The Bertz CT molecular complexity index is 654. The van der Waals surface area contributed by atoms with Crippen molar-refractivity contribution in [1.29, 1.82) is 5.26 Å². The van der Waals surface area contributed by atoms with Gasteiger partial charge in [0.1, 0.15) is 15.7 Å². The highest BCUT2D eigenvalue weighted by Crippen LogP contribution is 2.41. The molecule has 0 amide bonds. The molecule has 1 atom stereocenters. The van der Waals surface area contributed by atoms with Gasteiger partial charge in [0, 0.05) is 10.3 Å². The molecular weight excluding hydrogens is 262 g/mol. The minimum Gasteiger partial charge on any atom is -0.226 e. The number of aromatic nitrogens is 2. The fraction of sp³-hybridized carbons (Fsp3) is 0.462. The first-order valence-corrected chi connectivity index (χ1v) is 7.74. The molecule has 0 saturated heterocycles. The molecule has 0 N–H and O–H groups in total. The summed E-state index contributed by atoms with van der Waals surface area (Å²) in [6.07, 6.45) is 3.55. The van der Waals surface area contributed by atoms with Crippen LogP contribution >= 0.6 is 23.1 Å². The lowest BCUT2D eigenvalue weighted by atomic mass is 10.2. The van der Waals surface area contributed by atoms with E-state index in [4.69, 9.17) is 5.26 Å². The van der Waals surface area contributed by atoms with E-state index in [2.05, 4.69) is 16.0 Å². The van der Waals surface area contributed by atoms with Gasteiger partial charge in [-0.1, -0.05) is 11.8 Å². The molecule has 0 unspecified atom stereocenters. The Hall–Kier alpha value is -1.12. The van der Waals surface area contributed by atoms with Gasteiger partial charge in [-0.2, -0.15) is 5.26 Å². The van der Waals surface area contributed by atoms with Crippen molar-refractivity contribution in [3.63, 3.8) is 0 Å². The predicted octanol–water partition coefficient (Wildman–Crippen LogP) is 3.49. The lowest BCUT2D eigenvalue weighted by Crippen LogP contribution is -1.96. The molecule has 1 aliphatic rings. The van der Waals surface area contributed by atoms with E-state index in [9.17, 15) is 0 Å². The summed E-state index contributed by atoms with van der Waals surface area (Å²) < 4.78 is 0. The van der Waals surface area contributed by atoms with Crippen LogP contribution in [0.2, 0.25) is 0 Å². The molecule has 0 fully saturated rings. The number of fused-ring (bicyclic) bond motifs is 3. The van der Waals surface area contributed by atoms with E-state index in [1.807, 2.05) is 13.8 Å². The van der Waals surface area contributed by atoms with Crippen LogP contribution in [-0.4, -0.2) is 15.2 Å². The van der Waals surface area contributed by atoms with Gasteiger partial charge in [-0.05, 0) is 38.7 Å². The number of hydrogen-bond acceptors (Lipinski definition) is 5. The largest absolute Gasteiger partial charge is 0.226 e. The molecule has 0 saturated carbocycles. The average molecular weight is 275 g/mol. The SMILES string of the molecule is Cc1nc(S[C@H](C)C#N)c2c3c(sc2n1)CCC3. The number of thioether (sulfide) groups is 1. The Morgan fingerprint density at radius 2 is 2.22 bits per heavy atom. The minimum absolute atomic E-state index is 0.0700. The van der Waals surface area contributed by atoms with Gasteiger partial charge in [-0.3, -0.25) is 0 Å². The van der Waals surface area contributed by atoms with Gasteiger partial charge in [0.2, 0.25) is 0 Å². The standard InChI is InChI=1S/C13H13N3S2/c1-7(6-14)17-12-11-9-4-3-5-10(9)18-13(11)16-8(2)15-12/h7H,3-5H2,1-2H3/t7-/m1/s1. The van der Waals surface area contributed by atoms with Gasteiger partial charge in [0.25, 0.3) is 0 Å². The second-order valence-electron chi connectivity index (χ2n) is 4.50. The topological polar surface area (TPSA) is 49.6 Å². The molecule has 2 heterocycles. The van der Waals surface area contributed by atoms with E-state index < -0.39 is 0 Å². The quantitative estimate of drug-likeness (QED) is 0.622. The second-order valence-corrected chi connectivity index (χ2v) is 6.92. The fourth-order valence-electron chi connectivity index (χ4n) is 2.34. The Morgan fingerprint density at radius 1 is 1.39 bits per heavy atom. The molecule has 0 spiro atoms. The van der Waals surface area contributed by atoms with Crippen molar-refractivity contribution in [3.8, 4) is 6.07 Å². The molecule has 3 nitrogen and oxygen atoms in total. The van der Waals surface area contributed by atoms with Gasteiger partial charge in [0.05, 0.1) is 11.3 Å². The van der Waals surface area contributed by atoms with E-state index >= 15 is 0 Å². The fourth-order valence-corrected chi connectivity index (χ4v) is 4.62. The van der Waals surface area contributed by atoms with E-state index in [-0.39, 0.29) is 5.25 Å². The van der Waals surface area contributed by atoms with Crippen LogP contribution in [0.1, 0.15) is 29.6 Å². The van der Waals surface area contributed by atoms with Gasteiger partial charge in [0.15, 0.2) is 0 Å². The number of nitrogens with zero attached hydrogens (tertiary/aromatic N) is 3. The molecule has 2 aromatic heterocycles. The van der Waals surface area contributed by atoms with Crippen molar-refractivity contribution in [2.45, 2.75) is 43.4 Å². The van der Waals surface area contributed by atoms with Crippen LogP contribution in [0.4, 0.5) is 0 Å². The molecule has 18 heavy (non-hydrogen) atoms. The van der Waals surface area contributed by atoms with Crippen LogP contribution < -0.4 is 0 Å². The second kappa shape index (κ2) is 4.52. The Labute approximate surface area is 114 Å². The zero-order chi connectivity index (χ0) is 12.7. The van der Waals surface area contributed by atoms with E-state index in [1.54, 1.807) is 23.1 Å². The molecule has 1 aliphatic carbocycles. The number of rotatable bonds is 2. The normalized spacial score (nSPS) is 15.6. The van der Waals surface area contributed by atoms with Crippen LogP contribution in [0.25, 0.3) is 10.2 Å². The number of hydrogen-bond donors (Lipinski definition) is 0. The first kappa shape index (κ1) is 11.9. The Balaban J connectivity index is 2.19. The summed E-state index contributed by atoms with van der Waals surface area (Å²) in [6, 6.07) is 2.26. The smallest absolute Gasteiger partial charge is 0.128 e. The zero-order valence-electron chi connectivity index (χ0n) is 10.4. The van der Waals surface area contributed by atoms with E-state index in [1.165, 1.54) is 28.7 Å². The maximum atomic E-state index is 8.97. The van der Waals surface area contributed by atoms with Gasteiger partial charge < -0.3 is 0 Å². The summed E-state index contributed by atoms with van der Waals surface area (Å²) in [4.78, 5) is 11.7. The number of aryl methyl sites for hydroxylation is 3. The van der Waals surface area contributed by atoms with Crippen molar-refractivity contribution in [1.82, 2.24) is 9.97 Å². The molecule has 0 aromatic carbocycles. The van der Waals surface area contributed by atoms with Crippen molar-refractivity contribution >= 4 is 33.3 Å². The number of thiophene rings is 1. The van der Waals surface area contributed by atoms with Crippen molar-refractivity contribution < 1.29 is 0 Å². The molecule has 2 aromatic rings. The van der Waals surface area contributed by atoms with Gasteiger partial charge in [-0.25, -0.2) is 9.97 Å². The lowest BCUT2D eigenvalue weighted by Gasteiger charge is -2.06. The molecular formula is C13H13N3S2. The summed E-state index contributed by atoms with van der Waals surface area (Å²) >= 11 is 3.35. The van der Waals surface area contributed by atoms with Crippen LogP contribution in [0.5, 0.6) is 0 Å². The molecule has 0 bridgehead atoms. The summed E-state index contributed by atoms with van der Waals surface area (Å²) in [5.41, 5.74) is 1.43. The minimum atomic E-state index is -0.0700. The zero-order valence-corrected chi connectivity index (χ0v) is 12.0. The molecule has 0 aliphatic heterocycles. The highest BCUT2D eigenvalue weighted by Gasteiger charge is 2.22. The van der Waals surface area contributed by atoms with Crippen molar-refractivity contribution in [3.05, 3.63) is 16.3 Å². The van der Waals surface area contributed by atoms with Crippen molar-refractivity contribution in [2.24, 2.45) is 0 Å². The number of nitriles is 1. The van der Waals surface area contributed by atoms with Crippen LogP contribution in [0, 0.1) is 18.3 Å². The van der Waals surface area contributed by atoms with Crippen LogP contribution in [-0.2, 0) is 12.8 Å². The summed E-state index contributed by atoms with van der Waals surface area (Å²) in [6.45, 7) is 3.84. The first-order valence-electron chi connectivity index (χ1n) is 6.04. The van der Waals surface area contributed by atoms with Gasteiger partial charge in [-0.15, -0.1) is 11.3 Å². The third kappa shape index (κ3) is 1.90. The first-order chi connectivity index (χ1) is 8.69. The predicted molar refractivity (Wildman–Crippen MR) is 75.1 cm³/mol. The monoisotopic (exact) mass is 275 g/mol. The third-order valence-electron chi connectivity index (χ3n) is 3.11. The molecule has 0 radical (unpaired) electrons. The summed E-state index contributed by atoms with van der Waals surface area (Å²) in [5.74, 6) is 0.801. The summed E-state index contributed by atoms with van der Waals surface area (Å²) in [5, 5.41) is 11.1. The highest BCUT2D eigenvalue weighted by atomic mass is 32.2. The molecule has 5 heteroatoms. The lowest BCUT2D eigenvalue weighted by molar-refractivity contribution is 0.914.